The molecule has 2 saturated carbocycles. The molecule has 3 aliphatic carbocycles. The number of primary amides is 1. The van der Waals surface area contributed by atoms with E-state index in [4.69, 9.17) is 10.5 Å². The monoisotopic (exact) mass is 614 g/mol. The molecular formula is C32H33F3N2O7. The van der Waals surface area contributed by atoms with Gasteiger partial charge in [-0.1, -0.05) is 31.5 Å². The highest BCUT2D eigenvalue weighted by Crippen LogP contribution is 2.52. The van der Waals surface area contributed by atoms with Gasteiger partial charge in [-0.15, -0.1) is 0 Å². The predicted octanol–water partition coefficient (Wildman–Crippen LogP) is 3.03. The molecule has 234 valence electrons. The molecular weight excluding hydrogens is 581 g/mol. The maximum absolute atomic E-state index is 14.3. The molecule has 2 fully saturated rings. The van der Waals surface area contributed by atoms with E-state index in [0.717, 1.165) is 18.6 Å². The van der Waals surface area contributed by atoms with E-state index in [2.05, 4.69) is 0 Å². The number of carbonyl (C=O) groups excluding carboxylic acids is 5. The first kappa shape index (κ1) is 31.5. The molecule has 12 heteroatoms. The van der Waals surface area contributed by atoms with Crippen molar-refractivity contribution in [2.24, 2.45) is 29.4 Å². The maximum atomic E-state index is 14.3. The topological polar surface area (TPSA) is 144 Å². The number of ketones is 4. The molecule has 0 heterocycles. The predicted molar refractivity (Wildman–Crippen MR) is 151 cm³/mol. The number of alkyl halides is 3. The van der Waals surface area contributed by atoms with Gasteiger partial charge in [-0.2, -0.15) is 13.2 Å². The number of likely N-dealkylation sites (N-methyl/N-ethyl adjacent to an activating group) is 1. The number of nitrogens with two attached hydrogens (primary N) is 1. The summed E-state index contributed by atoms with van der Waals surface area (Å²) in [6.45, 7) is 2.21. The summed E-state index contributed by atoms with van der Waals surface area (Å²) >= 11 is 0. The summed E-state index contributed by atoms with van der Waals surface area (Å²) in [7, 11) is 3.02. The van der Waals surface area contributed by atoms with Gasteiger partial charge in [0.25, 0.3) is 0 Å². The van der Waals surface area contributed by atoms with Crippen molar-refractivity contribution in [3.8, 4) is 16.9 Å². The molecule has 1 amide bonds. The number of aliphatic hydroxyl groups is 1. The number of Topliss-reactive ketones (excluding diaryl/α,β-unsaturated/α-hetero) is 4. The van der Waals surface area contributed by atoms with E-state index in [-0.39, 0.29) is 30.8 Å². The Morgan fingerprint density at radius 1 is 1.07 bits per heavy atom. The molecule has 0 saturated heterocycles. The Labute approximate surface area is 251 Å². The smallest absolute Gasteiger partial charge is 0.416 e. The van der Waals surface area contributed by atoms with E-state index in [0.29, 0.717) is 23.1 Å². The number of fused-ring (bicyclic) bond motifs is 3. The number of nitrogens with zero attached hydrogens (tertiary/aromatic N) is 1. The molecule has 3 N–H and O–H groups in total. The van der Waals surface area contributed by atoms with E-state index in [1.54, 1.807) is 6.07 Å². The van der Waals surface area contributed by atoms with Crippen LogP contribution >= 0.6 is 0 Å². The third kappa shape index (κ3) is 4.84. The molecule has 0 bridgehead atoms. The molecule has 5 rings (SSSR count). The molecule has 2 unspecified atom stereocenters. The van der Waals surface area contributed by atoms with Crippen LogP contribution in [0.3, 0.4) is 0 Å². The Morgan fingerprint density at radius 2 is 1.73 bits per heavy atom. The van der Waals surface area contributed by atoms with Crippen molar-refractivity contribution in [2.45, 2.75) is 50.4 Å². The second-order valence-electron chi connectivity index (χ2n) is 12.0. The number of hydrogen-bond acceptors (Lipinski definition) is 8. The van der Waals surface area contributed by atoms with Crippen LogP contribution in [0, 0.1) is 23.7 Å². The first-order chi connectivity index (χ1) is 20.6. The number of carbonyl (C=O) groups is 5. The van der Waals surface area contributed by atoms with Gasteiger partial charge in [0.2, 0.25) is 5.91 Å². The van der Waals surface area contributed by atoms with Gasteiger partial charge in [0.15, 0.2) is 34.7 Å². The minimum atomic E-state index is -4.54. The van der Waals surface area contributed by atoms with Gasteiger partial charge >= 0.3 is 6.18 Å². The number of amides is 1. The fourth-order valence-corrected chi connectivity index (χ4v) is 7.15. The van der Waals surface area contributed by atoms with Gasteiger partial charge in [-0.05, 0) is 74.2 Å². The van der Waals surface area contributed by atoms with E-state index in [1.807, 2.05) is 6.92 Å². The SMILES string of the molecule is CCCCOc1ccc(-c2ccc(C(F)(F)F)cc2)c2c1C(=O)C1C(=O)[C@]3(O)C(=O)C(C(N)=O)C(=O)[C@H](N(C)C)[C@@H]3C[C@@H]1C2. The largest absolute Gasteiger partial charge is 0.493 e. The lowest BCUT2D eigenvalue weighted by atomic mass is 9.52. The first-order valence-electron chi connectivity index (χ1n) is 14.5. The number of unbranched alkanes of at least 4 members (excludes halogenated alkanes) is 1. The summed E-state index contributed by atoms with van der Waals surface area (Å²) in [5.41, 5.74) is 3.16. The number of hydrogen-bond donors (Lipinski definition) is 2. The van der Waals surface area contributed by atoms with Crippen molar-refractivity contribution < 1.29 is 47.0 Å². The number of rotatable bonds is 7. The van der Waals surface area contributed by atoms with Crippen LogP contribution in [-0.4, -0.2) is 71.4 Å². The van der Waals surface area contributed by atoms with Crippen molar-refractivity contribution >= 4 is 29.0 Å². The number of benzene rings is 2. The third-order valence-electron chi connectivity index (χ3n) is 9.21. The van der Waals surface area contributed by atoms with Gasteiger partial charge in [0.1, 0.15) is 5.75 Å². The highest BCUT2D eigenvalue weighted by molar-refractivity contribution is 6.32. The molecule has 44 heavy (non-hydrogen) atoms. The van der Waals surface area contributed by atoms with Crippen LogP contribution < -0.4 is 10.5 Å². The quantitative estimate of drug-likeness (QED) is 0.358. The molecule has 0 aliphatic heterocycles. The van der Waals surface area contributed by atoms with Gasteiger partial charge in [-0.3, -0.25) is 28.9 Å². The van der Waals surface area contributed by atoms with Gasteiger partial charge in [0.05, 0.1) is 29.7 Å². The third-order valence-corrected chi connectivity index (χ3v) is 9.21. The van der Waals surface area contributed by atoms with Crippen LogP contribution in [0.15, 0.2) is 36.4 Å². The highest BCUT2D eigenvalue weighted by atomic mass is 19.4. The number of halogens is 3. The first-order valence-corrected chi connectivity index (χ1v) is 14.5. The Morgan fingerprint density at radius 3 is 2.30 bits per heavy atom. The van der Waals surface area contributed by atoms with Crippen molar-refractivity contribution in [2.75, 3.05) is 20.7 Å². The molecule has 6 atom stereocenters. The van der Waals surface area contributed by atoms with Crippen LogP contribution in [0.4, 0.5) is 13.2 Å². The summed E-state index contributed by atoms with van der Waals surface area (Å²) in [5, 5.41) is 11.8. The average molecular weight is 615 g/mol. The fourth-order valence-electron chi connectivity index (χ4n) is 7.15. The van der Waals surface area contributed by atoms with Crippen LogP contribution in [0.1, 0.15) is 47.7 Å². The summed E-state index contributed by atoms with van der Waals surface area (Å²) < 4.78 is 45.7. The average Bonchev–Trinajstić information content (AvgIpc) is 2.94. The molecule has 0 spiro atoms. The molecule has 2 aromatic carbocycles. The Kier molecular flexibility index (Phi) is 8.04. The zero-order chi connectivity index (χ0) is 32.3. The van der Waals surface area contributed by atoms with Crippen molar-refractivity contribution in [1.29, 1.82) is 0 Å². The lowest BCUT2D eigenvalue weighted by Crippen LogP contribution is -2.74. The molecule has 0 radical (unpaired) electrons. The molecule has 3 aliphatic rings. The fraction of sp³-hybridized carbons (Fsp3) is 0.469. The van der Waals surface area contributed by atoms with E-state index >= 15 is 0 Å². The van der Waals surface area contributed by atoms with Crippen LogP contribution in [0.5, 0.6) is 5.75 Å². The molecule has 2 aromatic rings. The van der Waals surface area contributed by atoms with E-state index in [9.17, 15) is 42.3 Å². The van der Waals surface area contributed by atoms with Crippen LogP contribution in [-0.2, 0) is 31.8 Å². The summed E-state index contributed by atoms with van der Waals surface area (Å²) in [5.74, 6) is -10.6. The van der Waals surface area contributed by atoms with Gasteiger partial charge < -0.3 is 15.6 Å². The molecule has 0 aromatic heterocycles. The Hall–Kier alpha value is -3.90. The Balaban J connectivity index is 1.65. The highest BCUT2D eigenvalue weighted by Gasteiger charge is 2.69. The van der Waals surface area contributed by atoms with Crippen molar-refractivity contribution in [1.82, 2.24) is 4.90 Å². The van der Waals surface area contributed by atoms with Gasteiger partial charge in [-0.25, -0.2) is 0 Å². The Bertz CT molecular complexity index is 1550. The van der Waals surface area contributed by atoms with Crippen molar-refractivity contribution in [3.05, 3.63) is 53.1 Å². The molecule has 9 nitrogen and oxygen atoms in total. The lowest BCUT2D eigenvalue weighted by Gasteiger charge is -2.52. The second-order valence-corrected chi connectivity index (χ2v) is 12.0. The number of ether oxygens (including phenoxy) is 1. The van der Waals surface area contributed by atoms with Crippen LogP contribution in [0.25, 0.3) is 11.1 Å². The normalized spacial score (nSPS) is 28.4. The van der Waals surface area contributed by atoms with E-state index < -0.39 is 76.1 Å². The zero-order valence-corrected chi connectivity index (χ0v) is 24.4. The van der Waals surface area contributed by atoms with Crippen molar-refractivity contribution in [3.63, 3.8) is 0 Å². The maximum Gasteiger partial charge on any atom is 0.416 e. The minimum absolute atomic E-state index is 0.0603. The lowest BCUT2D eigenvalue weighted by molar-refractivity contribution is -0.181. The zero-order valence-electron chi connectivity index (χ0n) is 24.4. The second kappa shape index (κ2) is 11.2. The van der Waals surface area contributed by atoms with Crippen LogP contribution in [0.2, 0.25) is 0 Å². The van der Waals surface area contributed by atoms with E-state index in [1.165, 1.54) is 37.2 Å². The van der Waals surface area contributed by atoms with Gasteiger partial charge in [0, 0.05) is 5.92 Å². The summed E-state index contributed by atoms with van der Waals surface area (Å²) in [6.07, 6.45) is -3.07. The summed E-state index contributed by atoms with van der Waals surface area (Å²) in [6, 6.07) is 6.48. The summed E-state index contributed by atoms with van der Waals surface area (Å²) in [4.78, 5) is 68.8. The standard InChI is InChI=1S/C32H33F3N2O7/c1-4-5-12-44-21-11-10-18(15-6-8-17(9-7-15)32(33,34)35)19-13-16-14-20-25(37(2)3)27(39)24(30(36)42)29(41)31(20,43)28(40)22(16)26(38)23(19)21/h6-11,16,20,22,24-25,43H,4-5,12-14H2,1-3H3,(H2,36,42)/t16-,20-,22?,24?,25+,31-/m0/s1. The minimum Gasteiger partial charge on any atom is -0.493 e.